The fourth-order valence-electron chi connectivity index (χ4n) is 6.02. The molecule has 0 aromatic rings. The highest BCUT2D eigenvalue weighted by molar-refractivity contribution is 5.83. The minimum Gasteiger partial charge on any atom is -0.380 e. The zero-order chi connectivity index (χ0) is 40.9. The van der Waals surface area contributed by atoms with E-state index in [1.165, 1.54) is 70.6 Å². The standard InChI is InChI=1S/C43H85N5O6/c1-11-12-13-14-15-16-17-18-19-20-21-22-23-24-37(50)46-28-41(4,5)32-54-33-42(6,7)29-47-38(51)26-25-36(44-10)39(52)48-30-43(8,9)34-53-31-40(2,3)27-45-35-49/h35-36,44H,11-34H2,1-10H3,(H,45,49)(H,46,50)(H,47,51)(H,48,52)/t36-/m0/s1. The number of likely N-dealkylation sites (N-methyl/N-ethyl adjacent to an activating group) is 1. The minimum atomic E-state index is -0.491. The van der Waals surface area contributed by atoms with Crippen LogP contribution in [0.3, 0.4) is 0 Å². The number of rotatable bonds is 36. The Morgan fingerprint density at radius 2 is 0.907 bits per heavy atom. The van der Waals surface area contributed by atoms with E-state index >= 15 is 0 Å². The van der Waals surface area contributed by atoms with Crippen LogP contribution in [0.2, 0.25) is 0 Å². The third-order valence-electron chi connectivity index (χ3n) is 9.74. The van der Waals surface area contributed by atoms with Crippen LogP contribution >= 0.6 is 0 Å². The number of hydrogen-bond donors (Lipinski definition) is 5. The van der Waals surface area contributed by atoms with Gasteiger partial charge in [0.25, 0.3) is 0 Å². The third kappa shape index (κ3) is 30.0. The van der Waals surface area contributed by atoms with E-state index in [0.717, 1.165) is 12.8 Å². The number of nitrogens with one attached hydrogen (secondary N) is 5. The normalized spacial score (nSPS) is 13.0. The topological polar surface area (TPSA) is 147 Å². The summed E-state index contributed by atoms with van der Waals surface area (Å²) in [6, 6.07) is -0.491. The van der Waals surface area contributed by atoms with Crippen LogP contribution in [0.15, 0.2) is 0 Å². The van der Waals surface area contributed by atoms with Gasteiger partial charge in [0.2, 0.25) is 24.1 Å². The maximum atomic E-state index is 12.9. The van der Waals surface area contributed by atoms with Gasteiger partial charge in [-0.1, -0.05) is 139 Å². The van der Waals surface area contributed by atoms with Gasteiger partial charge in [-0.3, -0.25) is 19.2 Å². The molecule has 11 heteroatoms. The molecule has 0 aliphatic heterocycles. The molecule has 0 bridgehead atoms. The molecule has 0 aliphatic carbocycles. The second kappa shape index (κ2) is 29.1. The van der Waals surface area contributed by atoms with Crippen molar-refractivity contribution in [2.75, 3.05) is 59.7 Å². The van der Waals surface area contributed by atoms with Gasteiger partial charge in [0.15, 0.2) is 0 Å². The molecule has 54 heavy (non-hydrogen) atoms. The zero-order valence-electron chi connectivity index (χ0n) is 36.6. The fourth-order valence-corrected chi connectivity index (χ4v) is 6.02. The summed E-state index contributed by atoms with van der Waals surface area (Å²) in [5, 5.41) is 14.8. The summed E-state index contributed by atoms with van der Waals surface area (Å²) in [5.41, 5.74) is -0.969. The SMILES string of the molecule is CCCCCCCCCCCCCCCC(=O)NCC(C)(C)COCC(C)(C)CNC(=O)CC[C@H](NC)C(=O)NCC(C)(C)COCC(C)(C)CNC=O. The van der Waals surface area contributed by atoms with Gasteiger partial charge in [0, 0.05) is 60.7 Å². The smallest absolute Gasteiger partial charge is 0.237 e. The van der Waals surface area contributed by atoms with Gasteiger partial charge >= 0.3 is 0 Å². The molecule has 0 heterocycles. The molecule has 1 atom stereocenters. The van der Waals surface area contributed by atoms with E-state index < -0.39 is 6.04 Å². The highest BCUT2D eigenvalue weighted by Gasteiger charge is 2.26. The van der Waals surface area contributed by atoms with E-state index in [1.54, 1.807) is 7.05 Å². The largest absolute Gasteiger partial charge is 0.380 e. The molecule has 0 aromatic heterocycles. The van der Waals surface area contributed by atoms with Crippen molar-refractivity contribution in [2.45, 2.75) is 171 Å². The van der Waals surface area contributed by atoms with E-state index in [4.69, 9.17) is 9.47 Å². The number of unbranched alkanes of at least 4 members (excludes halogenated alkanes) is 12. The predicted molar refractivity (Wildman–Crippen MR) is 222 cm³/mol. The van der Waals surface area contributed by atoms with Crippen molar-refractivity contribution < 1.29 is 28.7 Å². The quantitative estimate of drug-likeness (QED) is 0.0339. The van der Waals surface area contributed by atoms with Crippen LogP contribution in [0.25, 0.3) is 0 Å². The first kappa shape index (κ1) is 51.8. The summed E-state index contributed by atoms with van der Waals surface area (Å²) in [7, 11) is 1.72. The van der Waals surface area contributed by atoms with Crippen LogP contribution in [0.1, 0.15) is 165 Å². The monoisotopic (exact) mass is 768 g/mol. The van der Waals surface area contributed by atoms with Crippen molar-refractivity contribution in [3.63, 3.8) is 0 Å². The van der Waals surface area contributed by atoms with Crippen molar-refractivity contribution in [2.24, 2.45) is 21.7 Å². The second-order valence-corrected chi connectivity index (χ2v) is 18.8. The van der Waals surface area contributed by atoms with Gasteiger partial charge in [-0.05, 0) is 19.9 Å². The molecular formula is C43H85N5O6. The first-order valence-corrected chi connectivity index (χ1v) is 21.2. The number of amides is 4. The van der Waals surface area contributed by atoms with Gasteiger partial charge in [0.1, 0.15) is 0 Å². The predicted octanol–water partition coefficient (Wildman–Crippen LogP) is 7.07. The van der Waals surface area contributed by atoms with Crippen molar-refractivity contribution in [3.05, 3.63) is 0 Å². The number of carbonyl (C=O) groups is 4. The van der Waals surface area contributed by atoms with Crippen molar-refractivity contribution in [3.8, 4) is 0 Å². The highest BCUT2D eigenvalue weighted by Crippen LogP contribution is 2.21. The Balaban J connectivity index is 4.21. The second-order valence-electron chi connectivity index (χ2n) is 18.8. The molecule has 5 N–H and O–H groups in total. The lowest BCUT2D eigenvalue weighted by atomic mass is 9.92. The van der Waals surface area contributed by atoms with Crippen molar-refractivity contribution in [1.82, 2.24) is 26.6 Å². The van der Waals surface area contributed by atoms with Crippen molar-refractivity contribution in [1.29, 1.82) is 0 Å². The lowest BCUT2D eigenvalue weighted by molar-refractivity contribution is -0.125. The zero-order valence-corrected chi connectivity index (χ0v) is 36.6. The lowest BCUT2D eigenvalue weighted by Gasteiger charge is -2.30. The summed E-state index contributed by atoms with van der Waals surface area (Å²) in [5.74, 6) is -0.147. The van der Waals surface area contributed by atoms with Crippen LogP contribution in [-0.4, -0.2) is 89.8 Å². The molecule has 11 nitrogen and oxygen atoms in total. The summed E-state index contributed by atoms with van der Waals surface area (Å²) >= 11 is 0. The Morgan fingerprint density at radius 1 is 0.537 bits per heavy atom. The Hall–Kier alpha value is -2.24. The molecular weight excluding hydrogens is 683 g/mol. The third-order valence-corrected chi connectivity index (χ3v) is 9.74. The molecule has 0 unspecified atom stereocenters. The first-order valence-electron chi connectivity index (χ1n) is 21.2. The Morgan fingerprint density at radius 3 is 1.31 bits per heavy atom. The molecule has 4 amide bonds. The average Bonchev–Trinajstić information content (AvgIpc) is 3.10. The molecule has 0 rings (SSSR count). The van der Waals surface area contributed by atoms with E-state index in [-0.39, 0.29) is 45.8 Å². The van der Waals surface area contributed by atoms with E-state index in [2.05, 4.69) is 61.2 Å². The van der Waals surface area contributed by atoms with Crippen LogP contribution in [0.4, 0.5) is 0 Å². The van der Waals surface area contributed by atoms with E-state index in [1.807, 2.05) is 27.7 Å². The molecule has 0 radical (unpaired) electrons. The Bertz CT molecular complexity index is 1020. The molecule has 318 valence electrons. The highest BCUT2D eigenvalue weighted by atomic mass is 16.5. The molecule has 0 saturated carbocycles. The molecule has 0 spiro atoms. The molecule has 0 fully saturated rings. The van der Waals surface area contributed by atoms with Crippen LogP contribution < -0.4 is 26.6 Å². The van der Waals surface area contributed by atoms with Gasteiger partial charge in [0.05, 0.1) is 32.5 Å². The van der Waals surface area contributed by atoms with Gasteiger partial charge in [-0.2, -0.15) is 0 Å². The maximum absolute atomic E-state index is 12.9. The number of hydrogen-bond acceptors (Lipinski definition) is 7. The first-order chi connectivity index (χ1) is 25.4. The van der Waals surface area contributed by atoms with Gasteiger partial charge in [-0.25, -0.2) is 0 Å². The van der Waals surface area contributed by atoms with Gasteiger partial charge in [-0.15, -0.1) is 0 Å². The minimum absolute atomic E-state index is 0.108. The van der Waals surface area contributed by atoms with E-state index in [0.29, 0.717) is 71.9 Å². The molecule has 0 aliphatic rings. The summed E-state index contributed by atoms with van der Waals surface area (Å²) < 4.78 is 12.0. The van der Waals surface area contributed by atoms with Crippen molar-refractivity contribution >= 4 is 24.1 Å². The van der Waals surface area contributed by atoms with Crippen LogP contribution in [0, 0.1) is 21.7 Å². The van der Waals surface area contributed by atoms with Crippen LogP contribution in [0.5, 0.6) is 0 Å². The number of carbonyl (C=O) groups excluding carboxylic acids is 4. The van der Waals surface area contributed by atoms with Crippen LogP contribution in [-0.2, 0) is 28.7 Å². The Kier molecular flexibility index (Phi) is 27.9. The van der Waals surface area contributed by atoms with Gasteiger partial charge < -0.3 is 36.1 Å². The summed E-state index contributed by atoms with van der Waals surface area (Å²) in [6.45, 7) is 22.5. The molecule has 0 aromatic carbocycles. The Labute approximate surface area is 331 Å². The summed E-state index contributed by atoms with van der Waals surface area (Å²) in [6.07, 6.45) is 18.7. The number of ether oxygens (including phenoxy) is 2. The fraction of sp³-hybridized carbons (Fsp3) is 0.907. The maximum Gasteiger partial charge on any atom is 0.237 e. The van der Waals surface area contributed by atoms with E-state index in [9.17, 15) is 19.2 Å². The summed E-state index contributed by atoms with van der Waals surface area (Å²) in [4.78, 5) is 48.7. The molecule has 0 saturated heterocycles. The lowest BCUT2D eigenvalue weighted by Crippen LogP contribution is -2.47. The average molecular weight is 768 g/mol.